The van der Waals surface area contributed by atoms with E-state index in [1.54, 1.807) is 6.20 Å². The van der Waals surface area contributed by atoms with Crippen molar-refractivity contribution in [2.24, 2.45) is 0 Å². The Hall–Kier alpha value is -2.69. The highest BCUT2D eigenvalue weighted by atomic mass is 16.5. The highest BCUT2D eigenvalue weighted by Crippen LogP contribution is 2.25. The Balaban J connectivity index is 1.67. The molecule has 0 aliphatic carbocycles. The summed E-state index contributed by atoms with van der Waals surface area (Å²) in [6, 6.07) is 9.91. The summed E-state index contributed by atoms with van der Waals surface area (Å²) < 4.78 is 11.0. The van der Waals surface area contributed by atoms with Crippen molar-refractivity contribution in [3.05, 3.63) is 60.0 Å². The molecule has 0 atom stereocenters. The van der Waals surface area contributed by atoms with Gasteiger partial charge in [-0.2, -0.15) is 4.98 Å². The second-order valence-electron chi connectivity index (χ2n) is 6.77. The van der Waals surface area contributed by atoms with Crippen LogP contribution in [0, 0.1) is 6.92 Å². The van der Waals surface area contributed by atoms with Gasteiger partial charge in [-0.3, -0.25) is 4.98 Å². The van der Waals surface area contributed by atoms with Crippen molar-refractivity contribution in [1.29, 1.82) is 0 Å². The molecule has 5 heteroatoms. The number of benzene rings is 1. The van der Waals surface area contributed by atoms with Crippen LogP contribution in [0.25, 0.3) is 11.1 Å². The van der Waals surface area contributed by atoms with E-state index >= 15 is 0 Å². The summed E-state index contributed by atoms with van der Waals surface area (Å²) in [5, 5.41) is 3.99. The summed E-state index contributed by atoms with van der Waals surface area (Å²) in [5.41, 5.74) is 3.29. The maximum absolute atomic E-state index is 5.73. The first kappa shape index (κ1) is 16.2. The van der Waals surface area contributed by atoms with E-state index in [0.717, 1.165) is 16.9 Å². The Morgan fingerprint density at radius 3 is 2.46 bits per heavy atom. The molecule has 0 saturated heterocycles. The minimum atomic E-state index is -0.134. The fourth-order valence-corrected chi connectivity index (χ4v) is 2.26. The maximum atomic E-state index is 5.73. The molecule has 0 amide bonds. The van der Waals surface area contributed by atoms with E-state index in [2.05, 4.69) is 22.0 Å². The topological polar surface area (TPSA) is 61.0 Å². The monoisotopic (exact) mass is 323 g/mol. The van der Waals surface area contributed by atoms with Gasteiger partial charge in [0.05, 0.1) is 0 Å². The van der Waals surface area contributed by atoms with Crippen LogP contribution in [0.1, 0.15) is 38.0 Å². The average Bonchev–Trinajstić information content (AvgIpc) is 3.03. The van der Waals surface area contributed by atoms with Crippen LogP contribution in [0.3, 0.4) is 0 Å². The second-order valence-corrected chi connectivity index (χ2v) is 6.77. The summed E-state index contributed by atoms with van der Waals surface area (Å²) in [4.78, 5) is 8.55. The molecule has 0 spiro atoms. The Labute approximate surface area is 141 Å². The molecular formula is C19H21N3O2. The van der Waals surface area contributed by atoms with Crippen LogP contribution in [0.4, 0.5) is 0 Å². The van der Waals surface area contributed by atoms with Crippen molar-refractivity contribution >= 4 is 0 Å². The lowest BCUT2D eigenvalue weighted by Crippen LogP contribution is -2.13. The lowest BCUT2D eigenvalue weighted by molar-refractivity contribution is 0.242. The van der Waals surface area contributed by atoms with Crippen LogP contribution >= 0.6 is 0 Å². The predicted molar refractivity (Wildman–Crippen MR) is 91.7 cm³/mol. The highest BCUT2D eigenvalue weighted by Gasteiger charge is 2.21. The molecule has 2 heterocycles. The smallest absolute Gasteiger partial charge is 0.264 e. The lowest BCUT2D eigenvalue weighted by Gasteiger charge is -2.10. The van der Waals surface area contributed by atoms with Crippen LogP contribution in [-0.4, -0.2) is 15.1 Å². The predicted octanol–water partition coefficient (Wildman–Crippen LogP) is 4.32. The summed E-state index contributed by atoms with van der Waals surface area (Å²) in [7, 11) is 0. The third-order valence-corrected chi connectivity index (χ3v) is 3.71. The zero-order valence-corrected chi connectivity index (χ0v) is 14.4. The number of ether oxygens (including phenoxy) is 1. The number of rotatable bonds is 4. The van der Waals surface area contributed by atoms with Crippen molar-refractivity contribution in [3.63, 3.8) is 0 Å². The molecule has 0 radical (unpaired) electrons. The van der Waals surface area contributed by atoms with E-state index in [-0.39, 0.29) is 12.0 Å². The fourth-order valence-electron chi connectivity index (χ4n) is 2.26. The zero-order valence-electron chi connectivity index (χ0n) is 14.4. The molecule has 0 bridgehead atoms. The van der Waals surface area contributed by atoms with Gasteiger partial charge in [0.1, 0.15) is 5.75 Å². The Morgan fingerprint density at radius 2 is 1.83 bits per heavy atom. The van der Waals surface area contributed by atoms with Gasteiger partial charge in [0, 0.05) is 23.4 Å². The first-order valence-electron chi connectivity index (χ1n) is 7.90. The molecule has 3 rings (SSSR count). The van der Waals surface area contributed by atoms with Crippen molar-refractivity contribution < 1.29 is 9.26 Å². The molecule has 124 valence electrons. The van der Waals surface area contributed by atoms with Crippen LogP contribution in [0.5, 0.6) is 5.75 Å². The van der Waals surface area contributed by atoms with Crippen molar-refractivity contribution in [3.8, 4) is 16.9 Å². The molecule has 0 fully saturated rings. The van der Waals surface area contributed by atoms with Gasteiger partial charge in [-0.1, -0.05) is 38.1 Å². The lowest BCUT2D eigenvalue weighted by atomic mass is 9.96. The minimum Gasteiger partial charge on any atom is -0.484 e. The molecule has 0 saturated carbocycles. The second kappa shape index (κ2) is 6.43. The van der Waals surface area contributed by atoms with E-state index < -0.39 is 0 Å². The largest absolute Gasteiger partial charge is 0.484 e. The number of aryl methyl sites for hydroxylation is 1. The number of aromatic nitrogens is 3. The maximum Gasteiger partial charge on any atom is 0.264 e. The number of hydrogen-bond donors (Lipinski definition) is 0. The van der Waals surface area contributed by atoms with Gasteiger partial charge < -0.3 is 9.26 Å². The molecule has 0 N–H and O–H groups in total. The SMILES string of the molecule is Cc1ccncc1-c1ccc(OCc2nc(C(C)(C)C)no2)cc1. The van der Waals surface area contributed by atoms with E-state index in [9.17, 15) is 0 Å². The average molecular weight is 323 g/mol. The zero-order chi connectivity index (χ0) is 17.2. The van der Waals surface area contributed by atoms with E-state index in [4.69, 9.17) is 9.26 Å². The molecule has 0 aliphatic heterocycles. The third-order valence-electron chi connectivity index (χ3n) is 3.71. The summed E-state index contributed by atoms with van der Waals surface area (Å²) in [5.74, 6) is 1.92. The van der Waals surface area contributed by atoms with E-state index in [1.165, 1.54) is 5.56 Å². The first-order chi connectivity index (χ1) is 11.4. The van der Waals surface area contributed by atoms with E-state index in [0.29, 0.717) is 11.7 Å². The molecule has 2 aromatic heterocycles. The summed E-state index contributed by atoms with van der Waals surface area (Å²) in [6.45, 7) is 8.46. The minimum absolute atomic E-state index is 0.134. The van der Waals surface area contributed by atoms with Gasteiger partial charge in [0.2, 0.25) is 0 Å². The normalized spacial score (nSPS) is 11.5. The Bertz CT molecular complexity index is 817. The number of nitrogens with zero attached hydrogens (tertiary/aromatic N) is 3. The third kappa shape index (κ3) is 3.62. The molecule has 3 aromatic rings. The molecular weight excluding hydrogens is 302 g/mol. The van der Waals surface area contributed by atoms with Gasteiger partial charge in [0.15, 0.2) is 12.4 Å². The van der Waals surface area contributed by atoms with Gasteiger partial charge in [-0.05, 0) is 36.2 Å². The first-order valence-corrected chi connectivity index (χ1v) is 7.90. The highest BCUT2D eigenvalue weighted by molar-refractivity contribution is 5.66. The number of pyridine rings is 1. The molecule has 0 unspecified atom stereocenters. The van der Waals surface area contributed by atoms with Gasteiger partial charge >= 0.3 is 0 Å². The van der Waals surface area contributed by atoms with Gasteiger partial charge in [-0.25, -0.2) is 0 Å². The Kier molecular flexibility index (Phi) is 4.34. The summed E-state index contributed by atoms with van der Waals surface area (Å²) >= 11 is 0. The van der Waals surface area contributed by atoms with Crippen LogP contribution < -0.4 is 4.74 Å². The van der Waals surface area contributed by atoms with Crippen molar-refractivity contribution in [1.82, 2.24) is 15.1 Å². The fraction of sp³-hybridized carbons (Fsp3) is 0.316. The van der Waals surface area contributed by atoms with Crippen LogP contribution in [0.2, 0.25) is 0 Å². The standard InChI is InChI=1S/C19H21N3O2/c1-13-9-10-20-11-16(13)14-5-7-15(8-6-14)23-12-17-21-18(22-24-17)19(2,3)4/h5-11H,12H2,1-4H3. The molecule has 24 heavy (non-hydrogen) atoms. The summed E-state index contributed by atoms with van der Waals surface area (Å²) in [6.07, 6.45) is 3.67. The van der Waals surface area contributed by atoms with Crippen molar-refractivity contribution in [2.45, 2.75) is 39.7 Å². The van der Waals surface area contributed by atoms with Crippen LogP contribution in [-0.2, 0) is 12.0 Å². The molecule has 0 aliphatic rings. The van der Waals surface area contributed by atoms with Crippen molar-refractivity contribution in [2.75, 3.05) is 0 Å². The Morgan fingerprint density at radius 1 is 1.08 bits per heavy atom. The molecule has 5 nitrogen and oxygen atoms in total. The van der Waals surface area contributed by atoms with Crippen LogP contribution in [0.15, 0.2) is 47.2 Å². The quantitative estimate of drug-likeness (QED) is 0.715. The molecule has 1 aromatic carbocycles. The van der Waals surface area contributed by atoms with Gasteiger partial charge in [-0.15, -0.1) is 0 Å². The van der Waals surface area contributed by atoms with Gasteiger partial charge in [0.25, 0.3) is 5.89 Å². The number of hydrogen-bond acceptors (Lipinski definition) is 5. The van der Waals surface area contributed by atoms with E-state index in [1.807, 2.05) is 57.3 Å².